The lowest BCUT2D eigenvalue weighted by molar-refractivity contribution is -0.137. The molecule has 2 aromatic heterocycles. The van der Waals surface area contributed by atoms with Crippen molar-refractivity contribution in [1.82, 2.24) is 9.88 Å². The van der Waals surface area contributed by atoms with Gasteiger partial charge in [-0.15, -0.1) is 0 Å². The highest BCUT2D eigenvalue weighted by Crippen LogP contribution is 2.23. The fraction of sp³-hybridized carbons (Fsp3) is 0.346. The summed E-state index contributed by atoms with van der Waals surface area (Å²) in [5, 5.41) is 8.73. The van der Waals surface area contributed by atoms with Crippen molar-refractivity contribution in [2.75, 3.05) is 6.61 Å². The molecule has 1 N–H and O–H groups in total. The van der Waals surface area contributed by atoms with Gasteiger partial charge in [0.05, 0.1) is 20.8 Å². The highest BCUT2D eigenvalue weighted by molar-refractivity contribution is 5.94. The topological polar surface area (TPSA) is 92.9 Å². The number of pyridine rings is 1. The Bertz CT molecular complexity index is 1080. The van der Waals surface area contributed by atoms with Crippen molar-refractivity contribution in [3.05, 3.63) is 72.2 Å². The van der Waals surface area contributed by atoms with E-state index in [1.807, 2.05) is 18.2 Å². The van der Waals surface area contributed by atoms with E-state index in [0.29, 0.717) is 30.0 Å². The molecule has 0 saturated heterocycles. The summed E-state index contributed by atoms with van der Waals surface area (Å²) in [4.78, 5) is 29.8. The molecule has 0 aliphatic rings. The molecule has 3 rings (SSSR count). The number of carboxylic acid groups (broad SMARTS) is 1. The lowest BCUT2D eigenvalue weighted by atomic mass is 10.1. The number of unbranched alkanes of at least 4 members (excludes halogenated alkanes) is 2. The van der Waals surface area contributed by atoms with Crippen molar-refractivity contribution in [2.45, 2.75) is 52.1 Å². The molecule has 2 heterocycles. The van der Waals surface area contributed by atoms with Crippen LogP contribution in [0.4, 0.5) is 0 Å². The summed E-state index contributed by atoms with van der Waals surface area (Å²) in [6.45, 7) is 3.86. The van der Waals surface area contributed by atoms with Crippen molar-refractivity contribution >= 4 is 11.9 Å². The Kier molecular flexibility index (Phi) is 8.11. The highest BCUT2D eigenvalue weighted by Gasteiger charge is 2.21. The number of carboxylic acids is 1. The van der Waals surface area contributed by atoms with Gasteiger partial charge in [-0.05, 0) is 69.5 Å². The quantitative estimate of drug-likeness (QED) is 0.370. The number of carbonyl (C=O) groups excluding carboxylic acids is 1. The van der Waals surface area contributed by atoms with Crippen LogP contribution in [0.5, 0.6) is 5.75 Å². The molecule has 0 unspecified atom stereocenters. The number of aliphatic carboxylic acids is 1. The Labute approximate surface area is 195 Å². The molecule has 1 aromatic carbocycles. The number of hydrogen-bond acceptors (Lipinski definition) is 5. The zero-order chi connectivity index (χ0) is 24.6. The number of furan rings is 1. The van der Waals surface area contributed by atoms with Gasteiger partial charge in [-0.25, -0.2) is 0 Å². The number of amides is 1. The van der Waals surface area contributed by atoms with Crippen LogP contribution in [0.3, 0.4) is 0 Å². The molecule has 0 radical (unpaired) electrons. The third kappa shape index (κ3) is 6.94. The van der Waals surface area contributed by atoms with Crippen molar-refractivity contribution in [3.63, 3.8) is 0 Å². The largest absolute Gasteiger partial charge is 0.492 e. The third-order valence-corrected chi connectivity index (χ3v) is 5.17. The van der Waals surface area contributed by atoms with Crippen molar-refractivity contribution in [1.29, 1.82) is 0 Å². The second-order valence-electron chi connectivity index (χ2n) is 7.89. The average molecular weight is 452 g/mol. The molecule has 0 bridgehead atoms. The fourth-order valence-electron chi connectivity index (χ4n) is 3.37. The Morgan fingerprint density at radius 3 is 2.58 bits per heavy atom. The number of nitrogens with zero attached hydrogens (tertiary/aromatic N) is 2. The molecule has 0 aliphatic heterocycles. The van der Waals surface area contributed by atoms with Gasteiger partial charge in [0.15, 0.2) is 0 Å². The van der Waals surface area contributed by atoms with Gasteiger partial charge in [0.1, 0.15) is 17.2 Å². The van der Waals surface area contributed by atoms with E-state index in [-0.39, 0.29) is 18.9 Å². The summed E-state index contributed by atoms with van der Waals surface area (Å²) in [5.41, 5.74) is 1.89. The molecule has 33 heavy (non-hydrogen) atoms. The van der Waals surface area contributed by atoms with Gasteiger partial charge < -0.3 is 19.2 Å². The maximum atomic E-state index is 13.4. The molecule has 0 atom stereocenters. The minimum Gasteiger partial charge on any atom is -0.492 e. The van der Waals surface area contributed by atoms with E-state index in [9.17, 15) is 9.59 Å². The third-order valence-electron chi connectivity index (χ3n) is 5.17. The SMILES string of the molecule is [2H]C(C)(C)N(Cc1ncccc1OCCCCCC(=O)O)C(=O)c1ccc(-c2ccco2)cc1. The van der Waals surface area contributed by atoms with E-state index in [2.05, 4.69) is 4.98 Å². The Hall–Kier alpha value is -3.61. The number of carbonyl (C=O) groups is 2. The van der Waals surface area contributed by atoms with Crippen LogP contribution < -0.4 is 4.74 Å². The maximum Gasteiger partial charge on any atom is 0.303 e. The number of aromatic nitrogens is 1. The first-order valence-electron chi connectivity index (χ1n) is 11.5. The van der Waals surface area contributed by atoms with Crippen molar-refractivity contribution < 1.29 is 25.2 Å². The second kappa shape index (κ2) is 11.9. The predicted octanol–water partition coefficient (Wildman–Crippen LogP) is 5.42. The monoisotopic (exact) mass is 451 g/mol. The van der Waals surface area contributed by atoms with Crippen LogP contribution in [0.2, 0.25) is 0 Å². The van der Waals surface area contributed by atoms with Crippen LogP contribution in [0, 0.1) is 0 Å². The van der Waals surface area contributed by atoms with Gasteiger partial charge >= 0.3 is 5.97 Å². The predicted molar refractivity (Wildman–Crippen MR) is 125 cm³/mol. The summed E-state index contributed by atoms with van der Waals surface area (Å²) >= 11 is 0. The fourth-order valence-corrected chi connectivity index (χ4v) is 3.37. The van der Waals surface area contributed by atoms with Crippen LogP contribution in [0.15, 0.2) is 65.4 Å². The summed E-state index contributed by atoms with van der Waals surface area (Å²) in [7, 11) is 0. The number of benzene rings is 1. The van der Waals surface area contributed by atoms with E-state index in [0.717, 1.165) is 24.2 Å². The molecular formula is C26H30N2O5. The summed E-state index contributed by atoms with van der Waals surface area (Å²) in [6, 6.07) is 13.1. The van der Waals surface area contributed by atoms with E-state index in [1.54, 1.807) is 56.6 Å². The number of rotatable bonds is 12. The first-order valence-corrected chi connectivity index (χ1v) is 11.0. The molecule has 0 aliphatic carbocycles. The molecule has 7 nitrogen and oxygen atoms in total. The Morgan fingerprint density at radius 1 is 1.12 bits per heavy atom. The number of ether oxygens (including phenoxy) is 1. The zero-order valence-electron chi connectivity index (χ0n) is 20.0. The normalized spacial score (nSPS) is 11.6. The summed E-state index contributed by atoms with van der Waals surface area (Å²) in [5.74, 6) is 0.191. The van der Waals surface area contributed by atoms with Gasteiger partial charge in [0, 0.05) is 29.8 Å². The van der Waals surface area contributed by atoms with Gasteiger partial charge in [-0.1, -0.05) is 12.1 Å². The van der Waals surface area contributed by atoms with Crippen LogP contribution in [-0.2, 0) is 11.3 Å². The maximum absolute atomic E-state index is 13.4. The van der Waals surface area contributed by atoms with Crippen LogP contribution in [0.25, 0.3) is 11.3 Å². The van der Waals surface area contributed by atoms with Gasteiger partial charge in [-0.2, -0.15) is 0 Å². The van der Waals surface area contributed by atoms with Gasteiger partial charge in [-0.3, -0.25) is 14.6 Å². The molecule has 0 spiro atoms. The minimum atomic E-state index is -1.19. The Morgan fingerprint density at radius 2 is 1.91 bits per heavy atom. The van der Waals surface area contributed by atoms with Gasteiger partial charge in [0.25, 0.3) is 5.91 Å². The molecule has 0 saturated carbocycles. The highest BCUT2D eigenvalue weighted by atomic mass is 16.5. The lowest BCUT2D eigenvalue weighted by Gasteiger charge is -2.27. The summed E-state index contributed by atoms with van der Waals surface area (Å²) in [6.07, 6.45) is 5.45. The molecule has 174 valence electrons. The Balaban J connectivity index is 1.69. The van der Waals surface area contributed by atoms with E-state index in [1.165, 1.54) is 4.90 Å². The standard InChI is InChI=1S/C26H30N2O5/c1-19(2)28(26(31)21-13-11-20(12-14-21)23-9-7-17-32-23)18-22-24(8-6-15-27-22)33-16-5-3-4-10-25(29)30/h6-9,11-15,17,19H,3-5,10,16,18H2,1-2H3,(H,29,30)/i19D. The van der Waals surface area contributed by atoms with Crippen LogP contribution >= 0.6 is 0 Å². The van der Waals surface area contributed by atoms with E-state index >= 15 is 0 Å². The van der Waals surface area contributed by atoms with E-state index in [4.69, 9.17) is 15.6 Å². The zero-order valence-corrected chi connectivity index (χ0v) is 19.0. The second-order valence-corrected chi connectivity index (χ2v) is 7.89. The van der Waals surface area contributed by atoms with Crippen LogP contribution in [-0.4, -0.2) is 39.5 Å². The van der Waals surface area contributed by atoms with E-state index < -0.39 is 12.0 Å². The smallest absolute Gasteiger partial charge is 0.303 e. The molecule has 1 amide bonds. The first-order chi connectivity index (χ1) is 16.3. The lowest BCUT2D eigenvalue weighted by Crippen LogP contribution is -2.36. The van der Waals surface area contributed by atoms with Crippen molar-refractivity contribution in [2.24, 2.45) is 0 Å². The molecule has 7 heteroatoms. The summed E-state index contributed by atoms with van der Waals surface area (Å²) < 4.78 is 19.9. The van der Waals surface area contributed by atoms with Crippen LogP contribution in [0.1, 0.15) is 57.0 Å². The molecule has 0 fully saturated rings. The molecule has 3 aromatic rings. The number of hydrogen-bond donors (Lipinski definition) is 1. The average Bonchev–Trinajstić information content (AvgIpc) is 3.34. The van der Waals surface area contributed by atoms with Gasteiger partial charge in [0.2, 0.25) is 0 Å². The first kappa shape index (κ1) is 22.6. The van der Waals surface area contributed by atoms with Crippen molar-refractivity contribution in [3.8, 4) is 17.1 Å². The molecular weight excluding hydrogens is 420 g/mol. The minimum absolute atomic E-state index is 0.116.